The van der Waals surface area contributed by atoms with Gasteiger partial charge in [0, 0.05) is 5.56 Å². The maximum atomic E-state index is 10.9. The van der Waals surface area contributed by atoms with Gasteiger partial charge in [-0.3, -0.25) is 0 Å². The molecule has 0 bridgehead atoms. The second kappa shape index (κ2) is 4.93. The molecule has 0 unspecified atom stereocenters. The summed E-state index contributed by atoms with van der Waals surface area (Å²) in [6.07, 6.45) is 0. The van der Waals surface area contributed by atoms with Crippen LogP contribution in [0.1, 0.15) is 10.4 Å². The Labute approximate surface area is 114 Å². The molecule has 3 aromatic rings. The smallest absolute Gasteiger partial charge is 0.335 e. The predicted molar refractivity (Wildman–Crippen MR) is 72.0 cm³/mol. The molecule has 0 saturated carbocycles. The molecular formula is C14H10N4O2. The molecule has 1 aromatic heterocycles. The summed E-state index contributed by atoms with van der Waals surface area (Å²) in [5.74, 6) is -0.439. The number of aromatic amines is 1. The lowest BCUT2D eigenvalue weighted by Gasteiger charge is -2.06. The van der Waals surface area contributed by atoms with Crippen molar-refractivity contribution >= 4 is 5.97 Å². The van der Waals surface area contributed by atoms with Crippen molar-refractivity contribution in [2.45, 2.75) is 0 Å². The van der Waals surface area contributed by atoms with E-state index in [1.165, 1.54) is 0 Å². The van der Waals surface area contributed by atoms with Crippen molar-refractivity contribution in [3.05, 3.63) is 54.1 Å². The lowest BCUT2D eigenvalue weighted by atomic mass is 9.98. The molecule has 98 valence electrons. The van der Waals surface area contributed by atoms with Crippen LogP contribution in [0.5, 0.6) is 0 Å². The number of carbonyl (C=O) groups is 1. The lowest BCUT2D eigenvalue weighted by Crippen LogP contribution is -1.95. The van der Waals surface area contributed by atoms with Gasteiger partial charge in [0.1, 0.15) is 0 Å². The summed E-state index contributed by atoms with van der Waals surface area (Å²) in [5.41, 5.74) is 2.91. The molecule has 0 saturated heterocycles. The fourth-order valence-electron chi connectivity index (χ4n) is 2.00. The summed E-state index contributed by atoms with van der Waals surface area (Å²) in [6.45, 7) is 0. The normalized spacial score (nSPS) is 10.4. The van der Waals surface area contributed by atoms with Crippen LogP contribution in [0.25, 0.3) is 22.5 Å². The summed E-state index contributed by atoms with van der Waals surface area (Å²) in [7, 11) is 0. The molecule has 2 aromatic carbocycles. The number of tetrazole rings is 1. The van der Waals surface area contributed by atoms with E-state index < -0.39 is 5.97 Å². The Morgan fingerprint density at radius 2 is 1.70 bits per heavy atom. The van der Waals surface area contributed by atoms with Crippen LogP contribution in [0, 0.1) is 0 Å². The highest BCUT2D eigenvalue weighted by Gasteiger charge is 2.11. The molecule has 1 heterocycles. The first-order chi connectivity index (χ1) is 9.75. The van der Waals surface area contributed by atoms with Crippen molar-refractivity contribution in [3.8, 4) is 22.5 Å². The highest BCUT2D eigenvalue weighted by atomic mass is 16.4. The number of nitrogens with one attached hydrogen (secondary N) is 1. The molecule has 2 N–H and O–H groups in total. The van der Waals surface area contributed by atoms with E-state index in [0.29, 0.717) is 5.82 Å². The molecule has 0 aliphatic carbocycles. The molecule has 0 spiro atoms. The SMILES string of the molecule is O=C(O)c1ccc(-c2ccccc2-c2nn[nH]n2)cc1. The zero-order valence-corrected chi connectivity index (χ0v) is 10.3. The topological polar surface area (TPSA) is 91.8 Å². The number of carboxylic acid groups (broad SMARTS) is 1. The molecule has 6 heteroatoms. The maximum absolute atomic E-state index is 10.9. The lowest BCUT2D eigenvalue weighted by molar-refractivity contribution is 0.0697. The van der Waals surface area contributed by atoms with Crippen molar-refractivity contribution in [2.24, 2.45) is 0 Å². The van der Waals surface area contributed by atoms with Crippen LogP contribution in [0.15, 0.2) is 48.5 Å². The van der Waals surface area contributed by atoms with Crippen molar-refractivity contribution < 1.29 is 9.90 Å². The van der Waals surface area contributed by atoms with E-state index >= 15 is 0 Å². The van der Waals surface area contributed by atoms with E-state index in [2.05, 4.69) is 20.6 Å². The number of carboxylic acids is 1. The predicted octanol–water partition coefficient (Wildman–Crippen LogP) is 2.23. The highest BCUT2D eigenvalue weighted by molar-refractivity contribution is 5.89. The molecule has 6 nitrogen and oxygen atoms in total. The molecule has 0 amide bonds. The number of nitrogens with zero attached hydrogens (tertiary/aromatic N) is 3. The molecule has 0 atom stereocenters. The summed E-state index contributed by atoms with van der Waals surface area (Å²) < 4.78 is 0. The van der Waals surface area contributed by atoms with Gasteiger partial charge in [-0.2, -0.15) is 5.21 Å². The van der Waals surface area contributed by atoms with E-state index in [1.807, 2.05) is 24.3 Å². The standard InChI is InChI=1S/C14H10N4O2/c19-14(20)10-7-5-9(6-8-10)11-3-1-2-4-12(11)13-15-17-18-16-13/h1-8H,(H,19,20)(H,15,16,17,18). The average molecular weight is 266 g/mol. The van der Waals surface area contributed by atoms with Crippen LogP contribution >= 0.6 is 0 Å². The minimum atomic E-state index is -0.942. The minimum Gasteiger partial charge on any atom is -0.478 e. The van der Waals surface area contributed by atoms with E-state index in [1.54, 1.807) is 24.3 Å². The molecule has 0 fully saturated rings. The number of aromatic nitrogens is 4. The number of aromatic carboxylic acids is 1. The zero-order chi connectivity index (χ0) is 13.9. The fraction of sp³-hybridized carbons (Fsp3) is 0. The van der Waals surface area contributed by atoms with Gasteiger partial charge in [-0.15, -0.1) is 10.2 Å². The summed E-state index contributed by atoms with van der Waals surface area (Å²) in [4.78, 5) is 10.9. The van der Waals surface area contributed by atoms with Crippen LogP contribution in [0.3, 0.4) is 0 Å². The molecule has 0 aliphatic rings. The quantitative estimate of drug-likeness (QED) is 0.758. The average Bonchev–Trinajstić information content (AvgIpc) is 3.01. The first-order valence-corrected chi connectivity index (χ1v) is 5.92. The van der Waals surface area contributed by atoms with Crippen LogP contribution < -0.4 is 0 Å². The second-order valence-corrected chi connectivity index (χ2v) is 4.16. The van der Waals surface area contributed by atoms with E-state index in [0.717, 1.165) is 16.7 Å². The Bertz CT molecular complexity index is 736. The van der Waals surface area contributed by atoms with Gasteiger partial charge in [-0.25, -0.2) is 4.79 Å². The van der Waals surface area contributed by atoms with Gasteiger partial charge >= 0.3 is 5.97 Å². The Morgan fingerprint density at radius 3 is 2.30 bits per heavy atom. The van der Waals surface area contributed by atoms with Gasteiger partial charge in [0.2, 0.25) is 5.82 Å². The van der Waals surface area contributed by atoms with Crippen LogP contribution in [-0.2, 0) is 0 Å². The summed E-state index contributed by atoms with van der Waals surface area (Å²) >= 11 is 0. The van der Waals surface area contributed by atoms with Crippen molar-refractivity contribution in [1.82, 2.24) is 20.6 Å². The van der Waals surface area contributed by atoms with Crippen molar-refractivity contribution in [3.63, 3.8) is 0 Å². The summed E-state index contributed by atoms with van der Waals surface area (Å²) in [5, 5.41) is 22.9. The number of rotatable bonds is 3. The van der Waals surface area contributed by atoms with Gasteiger partial charge in [-0.1, -0.05) is 36.4 Å². The van der Waals surface area contributed by atoms with Gasteiger partial charge in [-0.05, 0) is 28.5 Å². The number of hydrogen-bond donors (Lipinski definition) is 2. The van der Waals surface area contributed by atoms with Gasteiger partial charge in [0.15, 0.2) is 0 Å². The summed E-state index contributed by atoms with van der Waals surface area (Å²) in [6, 6.07) is 14.3. The van der Waals surface area contributed by atoms with Gasteiger partial charge in [0.05, 0.1) is 5.56 Å². The Kier molecular flexibility index (Phi) is 2.96. The Hall–Kier alpha value is -3.02. The van der Waals surface area contributed by atoms with E-state index in [4.69, 9.17) is 5.11 Å². The fourth-order valence-corrected chi connectivity index (χ4v) is 2.00. The third-order valence-electron chi connectivity index (χ3n) is 2.96. The van der Waals surface area contributed by atoms with Crippen LogP contribution in [-0.4, -0.2) is 31.7 Å². The molecule has 20 heavy (non-hydrogen) atoms. The number of H-pyrrole nitrogens is 1. The first-order valence-electron chi connectivity index (χ1n) is 5.92. The largest absolute Gasteiger partial charge is 0.478 e. The Balaban J connectivity index is 2.08. The van der Waals surface area contributed by atoms with Gasteiger partial charge < -0.3 is 5.11 Å². The van der Waals surface area contributed by atoms with Crippen molar-refractivity contribution in [1.29, 1.82) is 0 Å². The van der Waals surface area contributed by atoms with E-state index in [9.17, 15) is 4.79 Å². The van der Waals surface area contributed by atoms with Crippen molar-refractivity contribution in [2.75, 3.05) is 0 Å². The molecular weight excluding hydrogens is 256 g/mol. The third-order valence-corrected chi connectivity index (χ3v) is 2.96. The third kappa shape index (κ3) is 2.14. The zero-order valence-electron chi connectivity index (χ0n) is 10.3. The maximum Gasteiger partial charge on any atom is 0.335 e. The molecule has 0 aliphatic heterocycles. The minimum absolute atomic E-state index is 0.255. The van der Waals surface area contributed by atoms with E-state index in [-0.39, 0.29) is 5.56 Å². The molecule has 0 radical (unpaired) electrons. The first kappa shape index (κ1) is 12.0. The van der Waals surface area contributed by atoms with Crippen LogP contribution in [0.2, 0.25) is 0 Å². The highest BCUT2D eigenvalue weighted by Crippen LogP contribution is 2.29. The van der Waals surface area contributed by atoms with Crippen LogP contribution in [0.4, 0.5) is 0 Å². The molecule has 3 rings (SSSR count). The number of hydrogen-bond acceptors (Lipinski definition) is 4. The second-order valence-electron chi connectivity index (χ2n) is 4.16. The van der Waals surface area contributed by atoms with Gasteiger partial charge in [0.25, 0.3) is 0 Å². The number of benzene rings is 2. The monoisotopic (exact) mass is 266 g/mol. The Morgan fingerprint density at radius 1 is 1.00 bits per heavy atom.